The molecule has 7 nitrogen and oxygen atoms in total. The lowest BCUT2D eigenvalue weighted by Gasteiger charge is -2.31. The molecular formula is C19H21N3O4. The average Bonchev–Trinajstić information content (AvgIpc) is 3.01. The van der Waals surface area contributed by atoms with Gasteiger partial charge in [-0.25, -0.2) is 0 Å². The second-order valence-electron chi connectivity index (χ2n) is 6.73. The first-order valence-corrected chi connectivity index (χ1v) is 8.47. The van der Waals surface area contributed by atoms with Gasteiger partial charge in [0.2, 0.25) is 5.91 Å². The van der Waals surface area contributed by atoms with Crippen LogP contribution in [0, 0.1) is 0 Å². The molecule has 2 aliphatic rings. The number of hydrogen-bond acceptors (Lipinski definition) is 5. The second-order valence-corrected chi connectivity index (χ2v) is 6.73. The van der Waals surface area contributed by atoms with Crippen LogP contribution in [0.1, 0.15) is 44.7 Å². The lowest BCUT2D eigenvalue weighted by molar-refractivity contribution is -0.125. The summed E-state index contributed by atoms with van der Waals surface area (Å²) in [7, 11) is 1.57. The molecule has 1 saturated heterocycles. The van der Waals surface area contributed by atoms with Crippen molar-refractivity contribution in [3.63, 3.8) is 0 Å². The van der Waals surface area contributed by atoms with E-state index in [0.717, 1.165) is 17.4 Å². The van der Waals surface area contributed by atoms with Crippen LogP contribution >= 0.6 is 0 Å². The van der Waals surface area contributed by atoms with E-state index in [0.29, 0.717) is 50.0 Å². The fourth-order valence-electron chi connectivity index (χ4n) is 3.52. The first kappa shape index (κ1) is 18.0. The molecule has 0 bridgehead atoms. The molecule has 2 heterocycles. The quantitative estimate of drug-likeness (QED) is 0.793. The Balaban J connectivity index is 1.86. The van der Waals surface area contributed by atoms with E-state index < -0.39 is 6.04 Å². The monoisotopic (exact) mass is 355 g/mol. The van der Waals surface area contributed by atoms with Gasteiger partial charge in [-0.3, -0.25) is 19.3 Å². The normalized spacial score (nSPS) is 19.7. The summed E-state index contributed by atoms with van der Waals surface area (Å²) in [6.07, 6.45) is 2.61. The summed E-state index contributed by atoms with van der Waals surface area (Å²) in [4.78, 5) is 50.7. The molecular weight excluding hydrogens is 334 g/mol. The summed E-state index contributed by atoms with van der Waals surface area (Å²) in [5, 5.41) is 2.67. The minimum atomic E-state index is -0.590. The fourth-order valence-corrected chi connectivity index (χ4v) is 3.52. The molecule has 0 radical (unpaired) electrons. The summed E-state index contributed by atoms with van der Waals surface area (Å²) in [5.41, 5.74) is 3.10. The highest BCUT2D eigenvalue weighted by atomic mass is 16.2. The lowest BCUT2D eigenvalue weighted by Crippen LogP contribution is -2.50. The number of amides is 2. The van der Waals surface area contributed by atoms with E-state index in [1.807, 2.05) is 4.90 Å². The van der Waals surface area contributed by atoms with Crippen LogP contribution in [0.15, 0.2) is 24.4 Å². The summed E-state index contributed by atoms with van der Waals surface area (Å²) >= 11 is 0. The van der Waals surface area contributed by atoms with E-state index in [-0.39, 0.29) is 17.4 Å². The number of piperidine rings is 1. The maximum absolute atomic E-state index is 13.0. The molecule has 1 aromatic carbocycles. The van der Waals surface area contributed by atoms with Crippen molar-refractivity contribution >= 4 is 24.4 Å². The molecule has 2 aliphatic heterocycles. The number of carbonyl (C=O) groups is 4. The number of fused-ring (bicyclic) bond motifs is 1. The maximum atomic E-state index is 13.0. The highest BCUT2D eigenvalue weighted by Gasteiger charge is 2.32. The van der Waals surface area contributed by atoms with Gasteiger partial charge in [-0.1, -0.05) is 6.58 Å². The molecule has 1 fully saturated rings. The van der Waals surface area contributed by atoms with Crippen molar-refractivity contribution < 1.29 is 19.2 Å². The van der Waals surface area contributed by atoms with Crippen LogP contribution in [0.2, 0.25) is 0 Å². The summed E-state index contributed by atoms with van der Waals surface area (Å²) in [6.45, 7) is 5.18. The van der Waals surface area contributed by atoms with Crippen LogP contribution in [0.3, 0.4) is 0 Å². The largest absolute Gasteiger partial charge is 0.330 e. The van der Waals surface area contributed by atoms with Crippen molar-refractivity contribution in [2.24, 2.45) is 0 Å². The predicted molar refractivity (Wildman–Crippen MR) is 94.4 cm³/mol. The van der Waals surface area contributed by atoms with Crippen LogP contribution in [0.5, 0.6) is 0 Å². The molecule has 1 unspecified atom stereocenters. The molecule has 0 saturated carbocycles. The number of allylic oxidation sites excluding steroid dienone is 1. The number of rotatable bonds is 5. The standard InChI is InChI=1S/C19H21N3O4/c1-12-3-4-17(18(25)20-12)21(2)19(26)16-8-14-10-22(5-6-23)9-13(14)7-15(16)11-24/h6-8,11,17H,1,3-5,9-10H2,2H3,(H,20,25). The zero-order valence-corrected chi connectivity index (χ0v) is 14.7. The molecule has 1 aromatic rings. The van der Waals surface area contributed by atoms with Gasteiger partial charge in [0.25, 0.3) is 5.91 Å². The third-order valence-corrected chi connectivity index (χ3v) is 4.96. The maximum Gasteiger partial charge on any atom is 0.255 e. The molecule has 1 atom stereocenters. The summed E-state index contributed by atoms with van der Waals surface area (Å²) in [5.74, 6) is -0.625. The first-order valence-electron chi connectivity index (χ1n) is 8.47. The van der Waals surface area contributed by atoms with Crippen LogP contribution in [0.4, 0.5) is 0 Å². The van der Waals surface area contributed by atoms with Gasteiger partial charge >= 0.3 is 0 Å². The number of aldehydes is 2. The highest BCUT2D eigenvalue weighted by molar-refractivity contribution is 6.03. The van der Waals surface area contributed by atoms with Gasteiger partial charge in [-0.05, 0) is 36.1 Å². The number of benzene rings is 1. The number of hydrogen-bond donors (Lipinski definition) is 1. The summed E-state index contributed by atoms with van der Waals surface area (Å²) in [6, 6.07) is 2.83. The third kappa shape index (κ3) is 3.30. The molecule has 136 valence electrons. The van der Waals surface area contributed by atoms with Gasteiger partial charge in [0.05, 0.1) is 12.1 Å². The molecule has 0 spiro atoms. The molecule has 1 N–H and O–H groups in total. The van der Waals surface area contributed by atoms with Crippen molar-refractivity contribution in [3.8, 4) is 0 Å². The molecule has 0 aliphatic carbocycles. The van der Waals surface area contributed by atoms with Crippen molar-refractivity contribution in [2.45, 2.75) is 32.0 Å². The van der Waals surface area contributed by atoms with Gasteiger partial charge in [0.15, 0.2) is 6.29 Å². The van der Waals surface area contributed by atoms with E-state index in [2.05, 4.69) is 11.9 Å². The Labute approximate surface area is 151 Å². The van der Waals surface area contributed by atoms with Gasteiger partial charge < -0.3 is 15.0 Å². The Morgan fingerprint density at radius 1 is 1.35 bits per heavy atom. The molecule has 2 amide bonds. The number of carbonyl (C=O) groups excluding carboxylic acids is 4. The molecule has 26 heavy (non-hydrogen) atoms. The minimum Gasteiger partial charge on any atom is -0.330 e. The van der Waals surface area contributed by atoms with Gasteiger partial charge in [0, 0.05) is 31.4 Å². The SMILES string of the molecule is C=C1CCC(N(C)C(=O)c2cc3c(cc2C=O)CN(CC=O)C3)C(=O)N1. The van der Waals surface area contributed by atoms with E-state index in [4.69, 9.17) is 0 Å². The van der Waals surface area contributed by atoms with E-state index >= 15 is 0 Å². The lowest BCUT2D eigenvalue weighted by atomic mass is 9.98. The number of nitrogens with zero attached hydrogens (tertiary/aromatic N) is 2. The summed E-state index contributed by atoms with van der Waals surface area (Å²) < 4.78 is 0. The zero-order chi connectivity index (χ0) is 18.8. The Morgan fingerprint density at radius 2 is 2.04 bits per heavy atom. The van der Waals surface area contributed by atoms with Gasteiger partial charge in [0.1, 0.15) is 12.3 Å². The molecule has 7 heteroatoms. The Kier molecular flexibility index (Phi) is 4.99. The van der Waals surface area contributed by atoms with Crippen molar-refractivity contribution in [1.82, 2.24) is 15.1 Å². The minimum absolute atomic E-state index is 0.261. The van der Waals surface area contributed by atoms with Gasteiger partial charge in [-0.15, -0.1) is 0 Å². The van der Waals surface area contributed by atoms with Crippen LogP contribution in [-0.4, -0.2) is 53.8 Å². The third-order valence-electron chi connectivity index (χ3n) is 4.96. The van der Waals surface area contributed by atoms with E-state index in [1.54, 1.807) is 19.2 Å². The molecule has 0 aromatic heterocycles. The predicted octanol–water partition coefficient (Wildman–Crippen LogP) is 0.878. The average molecular weight is 355 g/mol. The number of nitrogens with one attached hydrogen (secondary N) is 1. The Bertz CT molecular complexity index is 802. The first-order chi connectivity index (χ1) is 12.4. The fraction of sp³-hybridized carbons (Fsp3) is 0.368. The Hall–Kier alpha value is -2.80. The second kappa shape index (κ2) is 7.21. The Morgan fingerprint density at radius 3 is 2.65 bits per heavy atom. The molecule has 3 rings (SSSR count). The van der Waals surface area contributed by atoms with Crippen LogP contribution in [-0.2, 0) is 22.7 Å². The zero-order valence-electron chi connectivity index (χ0n) is 14.7. The smallest absolute Gasteiger partial charge is 0.255 e. The van der Waals surface area contributed by atoms with Gasteiger partial charge in [-0.2, -0.15) is 0 Å². The number of likely N-dealkylation sites (N-methyl/N-ethyl adjacent to an activating group) is 1. The van der Waals surface area contributed by atoms with Crippen molar-refractivity contribution in [1.29, 1.82) is 0 Å². The topological polar surface area (TPSA) is 86.8 Å². The van der Waals surface area contributed by atoms with Crippen LogP contribution in [0.25, 0.3) is 0 Å². The van der Waals surface area contributed by atoms with Crippen LogP contribution < -0.4 is 5.32 Å². The van der Waals surface area contributed by atoms with Crippen molar-refractivity contribution in [2.75, 3.05) is 13.6 Å². The van der Waals surface area contributed by atoms with E-state index in [1.165, 1.54) is 4.90 Å². The van der Waals surface area contributed by atoms with E-state index in [9.17, 15) is 19.2 Å². The van der Waals surface area contributed by atoms with Crippen molar-refractivity contribution in [3.05, 3.63) is 46.7 Å². The highest BCUT2D eigenvalue weighted by Crippen LogP contribution is 2.27.